The van der Waals surface area contributed by atoms with Crippen LogP contribution in [0, 0.1) is 5.92 Å². The molecule has 0 radical (unpaired) electrons. The summed E-state index contributed by atoms with van der Waals surface area (Å²) in [5.74, 6) is -0.438. The molecule has 3 N–H and O–H groups in total. The third kappa shape index (κ3) is 8.52. The number of nitrogens with two attached hydrogens (primary N) is 1. The number of carboxylic acid groups (broad SMARTS) is 1. The molecule has 0 fully saturated rings. The van der Waals surface area contributed by atoms with Gasteiger partial charge in [0.15, 0.2) is 0 Å². The van der Waals surface area contributed by atoms with Crippen molar-refractivity contribution in [3.63, 3.8) is 0 Å². The Morgan fingerprint density at radius 2 is 2.29 bits per heavy atom. The maximum absolute atomic E-state index is 9.81. The summed E-state index contributed by atoms with van der Waals surface area (Å²) < 4.78 is 0. The van der Waals surface area contributed by atoms with Gasteiger partial charge in [0.1, 0.15) is 0 Å². The molecule has 0 aliphatic carbocycles. The lowest BCUT2D eigenvalue weighted by Gasteiger charge is -1.94. The van der Waals surface area contributed by atoms with Gasteiger partial charge in [-0.25, -0.2) is 0 Å². The smallest absolute Gasteiger partial charge is 0.303 e. The first-order chi connectivity index (χ1) is 6.52. The molecule has 1 heterocycles. The van der Waals surface area contributed by atoms with Gasteiger partial charge in [-0.15, -0.1) is 0 Å². The highest BCUT2D eigenvalue weighted by atomic mass is 16.4. The summed E-state index contributed by atoms with van der Waals surface area (Å²) in [5.41, 5.74) is 6.01. The number of carboxylic acids is 1. The number of aromatic nitrogens is 1. The van der Waals surface area contributed by atoms with E-state index >= 15 is 0 Å². The molecule has 4 nitrogen and oxygen atoms in total. The van der Waals surface area contributed by atoms with Crippen LogP contribution in [0.2, 0.25) is 0 Å². The molecule has 0 spiro atoms. The second-order valence-electron chi connectivity index (χ2n) is 3.28. The van der Waals surface area contributed by atoms with Gasteiger partial charge in [-0.3, -0.25) is 9.78 Å². The normalized spacial score (nSPS) is 9.07. The van der Waals surface area contributed by atoms with Crippen molar-refractivity contribution in [3.8, 4) is 0 Å². The number of pyridine rings is 1. The molecule has 1 aromatic rings. The Bertz CT molecular complexity index is 260. The van der Waals surface area contributed by atoms with Crippen molar-refractivity contribution in [3.05, 3.63) is 24.5 Å². The van der Waals surface area contributed by atoms with Gasteiger partial charge in [-0.2, -0.15) is 0 Å². The van der Waals surface area contributed by atoms with E-state index in [-0.39, 0.29) is 12.3 Å². The van der Waals surface area contributed by atoms with E-state index in [0.29, 0.717) is 5.69 Å². The molecule has 0 bridgehead atoms. The zero-order valence-corrected chi connectivity index (χ0v) is 8.47. The van der Waals surface area contributed by atoms with E-state index in [1.165, 1.54) is 0 Å². The van der Waals surface area contributed by atoms with Crippen molar-refractivity contribution in [2.45, 2.75) is 20.3 Å². The predicted molar refractivity (Wildman–Crippen MR) is 55.7 cm³/mol. The lowest BCUT2D eigenvalue weighted by Crippen LogP contribution is -1.99. The fraction of sp³-hybridized carbons (Fsp3) is 0.400. The van der Waals surface area contributed by atoms with Gasteiger partial charge in [0, 0.05) is 18.8 Å². The third-order valence-electron chi connectivity index (χ3n) is 1.27. The minimum atomic E-state index is -0.713. The van der Waals surface area contributed by atoms with Gasteiger partial charge in [-0.05, 0) is 18.1 Å². The lowest BCUT2D eigenvalue weighted by atomic mass is 10.1. The van der Waals surface area contributed by atoms with E-state index in [1.54, 1.807) is 24.5 Å². The van der Waals surface area contributed by atoms with Crippen LogP contribution in [0.25, 0.3) is 0 Å². The van der Waals surface area contributed by atoms with Crippen LogP contribution in [0.15, 0.2) is 24.5 Å². The molecule has 0 saturated heterocycles. The number of rotatable bonds is 2. The first-order valence-electron chi connectivity index (χ1n) is 4.39. The average Bonchev–Trinajstić information content (AvgIpc) is 2.03. The SMILES string of the molecule is CC(C)CC(=O)O.Nc1cccnc1. The van der Waals surface area contributed by atoms with Gasteiger partial charge in [0.05, 0.1) is 5.69 Å². The van der Waals surface area contributed by atoms with Crippen molar-refractivity contribution in [2.75, 3.05) is 5.73 Å². The van der Waals surface area contributed by atoms with E-state index in [0.717, 1.165) is 0 Å². The fourth-order valence-corrected chi connectivity index (χ4v) is 0.725. The van der Waals surface area contributed by atoms with Crippen molar-refractivity contribution in [1.82, 2.24) is 4.98 Å². The maximum Gasteiger partial charge on any atom is 0.303 e. The Morgan fingerprint density at radius 1 is 1.64 bits per heavy atom. The Morgan fingerprint density at radius 3 is 2.43 bits per heavy atom. The molecule has 1 aromatic heterocycles. The van der Waals surface area contributed by atoms with Crippen molar-refractivity contribution in [1.29, 1.82) is 0 Å². The predicted octanol–water partition coefficient (Wildman–Crippen LogP) is 1.78. The zero-order chi connectivity index (χ0) is 11.0. The summed E-state index contributed by atoms with van der Waals surface area (Å²) in [5, 5.41) is 8.08. The van der Waals surface area contributed by atoms with Crippen LogP contribution in [-0.2, 0) is 4.79 Å². The van der Waals surface area contributed by atoms with Gasteiger partial charge in [-0.1, -0.05) is 13.8 Å². The Balaban J connectivity index is 0.000000241. The van der Waals surface area contributed by atoms with Gasteiger partial charge >= 0.3 is 5.97 Å². The highest BCUT2D eigenvalue weighted by Gasteiger charge is 1.98. The average molecular weight is 196 g/mol. The number of hydrogen-bond donors (Lipinski definition) is 2. The molecule has 14 heavy (non-hydrogen) atoms. The summed E-state index contributed by atoms with van der Waals surface area (Å²) in [7, 11) is 0. The summed E-state index contributed by atoms with van der Waals surface area (Å²) in [6.07, 6.45) is 3.58. The molecule has 0 aliphatic rings. The molecule has 0 unspecified atom stereocenters. The van der Waals surface area contributed by atoms with Crippen LogP contribution in [0.1, 0.15) is 20.3 Å². The van der Waals surface area contributed by atoms with E-state index in [4.69, 9.17) is 10.8 Å². The van der Waals surface area contributed by atoms with Crippen LogP contribution in [0.3, 0.4) is 0 Å². The largest absolute Gasteiger partial charge is 0.481 e. The first-order valence-corrected chi connectivity index (χ1v) is 4.39. The number of nitrogen functional groups attached to an aromatic ring is 1. The highest BCUT2D eigenvalue weighted by Crippen LogP contribution is 1.96. The molecule has 78 valence electrons. The van der Waals surface area contributed by atoms with Crippen LogP contribution in [-0.4, -0.2) is 16.1 Å². The van der Waals surface area contributed by atoms with E-state index in [1.807, 2.05) is 13.8 Å². The quantitative estimate of drug-likeness (QED) is 0.755. The first kappa shape index (κ1) is 12.4. The van der Waals surface area contributed by atoms with Gasteiger partial charge in [0.2, 0.25) is 0 Å². The lowest BCUT2D eigenvalue weighted by molar-refractivity contribution is -0.137. The monoisotopic (exact) mass is 196 g/mol. The molecule has 0 aromatic carbocycles. The second kappa shape index (κ2) is 6.88. The molecule has 1 rings (SSSR count). The van der Waals surface area contributed by atoms with E-state index < -0.39 is 5.97 Å². The molecule has 0 amide bonds. The van der Waals surface area contributed by atoms with Gasteiger partial charge in [0.25, 0.3) is 0 Å². The topological polar surface area (TPSA) is 76.2 Å². The molecule has 0 atom stereocenters. The minimum Gasteiger partial charge on any atom is -0.481 e. The van der Waals surface area contributed by atoms with Gasteiger partial charge < -0.3 is 10.8 Å². The second-order valence-corrected chi connectivity index (χ2v) is 3.28. The van der Waals surface area contributed by atoms with E-state index in [2.05, 4.69) is 4.98 Å². The number of hydrogen-bond acceptors (Lipinski definition) is 3. The molecular weight excluding hydrogens is 180 g/mol. The van der Waals surface area contributed by atoms with Crippen LogP contribution >= 0.6 is 0 Å². The van der Waals surface area contributed by atoms with Crippen LogP contribution in [0.5, 0.6) is 0 Å². The summed E-state index contributed by atoms with van der Waals surface area (Å²) in [4.78, 5) is 13.6. The third-order valence-corrected chi connectivity index (χ3v) is 1.27. The Hall–Kier alpha value is -1.58. The zero-order valence-electron chi connectivity index (χ0n) is 8.47. The molecular formula is C10H16N2O2. The highest BCUT2D eigenvalue weighted by molar-refractivity contribution is 5.66. The number of anilines is 1. The Labute approximate surface area is 83.8 Å². The van der Waals surface area contributed by atoms with Crippen LogP contribution in [0.4, 0.5) is 5.69 Å². The molecule has 4 heteroatoms. The summed E-state index contributed by atoms with van der Waals surface area (Å²) >= 11 is 0. The summed E-state index contributed by atoms with van der Waals surface area (Å²) in [6, 6.07) is 3.60. The number of carbonyl (C=O) groups is 1. The van der Waals surface area contributed by atoms with Crippen LogP contribution < -0.4 is 5.73 Å². The number of nitrogens with zero attached hydrogens (tertiary/aromatic N) is 1. The van der Waals surface area contributed by atoms with Crippen molar-refractivity contribution < 1.29 is 9.90 Å². The maximum atomic E-state index is 9.81. The number of aliphatic carboxylic acids is 1. The standard InChI is InChI=1S/C5H6N2.C5H10O2/c6-5-2-1-3-7-4-5;1-4(2)3-5(6)7/h1-4H,6H2;4H,3H2,1-2H3,(H,6,7). The fourth-order valence-electron chi connectivity index (χ4n) is 0.725. The Kier molecular flexibility index (Phi) is 6.11. The van der Waals surface area contributed by atoms with E-state index in [9.17, 15) is 4.79 Å². The summed E-state index contributed by atoms with van der Waals surface area (Å²) in [6.45, 7) is 3.77. The molecule has 0 aliphatic heterocycles. The molecule has 0 saturated carbocycles. The van der Waals surface area contributed by atoms with Crippen molar-refractivity contribution in [2.24, 2.45) is 5.92 Å². The minimum absolute atomic E-state index is 0.275. The van der Waals surface area contributed by atoms with Crippen molar-refractivity contribution >= 4 is 11.7 Å².